The van der Waals surface area contributed by atoms with Crippen LogP contribution in [0.3, 0.4) is 0 Å². The Bertz CT molecular complexity index is 575. The average Bonchev–Trinajstić information content (AvgIpc) is 2.74. The fraction of sp³-hybridized carbons (Fsp3) is 0.357. The molecule has 0 saturated carbocycles. The van der Waals surface area contributed by atoms with Crippen LogP contribution in [0.5, 0.6) is 0 Å². The standard InChI is InChI=1S/C14H17F2N3S/c1-9-18-11(8-20-9)7-19(2)14-12(15)5-10(3-4-17)6-13(14)16/h5-6,8H,3-4,7,17H2,1-2H3. The Balaban J connectivity index is 2.23. The van der Waals surface area contributed by atoms with E-state index in [0.29, 0.717) is 25.1 Å². The number of hydrogen-bond acceptors (Lipinski definition) is 4. The molecule has 3 nitrogen and oxygen atoms in total. The smallest absolute Gasteiger partial charge is 0.149 e. The summed E-state index contributed by atoms with van der Waals surface area (Å²) in [5, 5.41) is 2.83. The van der Waals surface area contributed by atoms with Crippen LogP contribution in [0.25, 0.3) is 0 Å². The minimum atomic E-state index is -0.567. The van der Waals surface area contributed by atoms with E-state index in [0.717, 1.165) is 10.7 Å². The zero-order valence-electron chi connectivity index (χ0n) is 11.5. The molecule has 1 heterocycles. The quantitative estimate of drug-likeness (QED) is 0.922. The molecule has 1 aromatic carbocycles. The van der Waals surface area contributed by atoms with Gasteiger partial charge in [-0.05, 0) is 37.6 Å². The molecule has 6 heteroatoms. The van der Waals surface area contributed by atoms with Gasteiger partial charge in [0.05, 0.1) is 17.2 Å². The maximum atomic E-state index is 14.1. The third-order valence-corrected chi connectivity index (χ3v) is 3.78. The Morgan fingerprint density at radius 3 is 2.45 bits per heavy atom. The molecule has 2 N–H and O–H groups in total. The SMILES string of the molecule is Cc1nc(CN(C)c2c(F)cc(CCN)cc2F)cs1. The lowest BCUT2D eigenvalue weighted by Gasteiger charge is -2.20. The Morgan fingerprint density at radius 1 is 1.30 bits per heavy atom. The molecular formula is C14H17F2N3S. The number of anilines is 1. The zero-order valence-corrected chi connectivity index (χ0v) is 12.3. The van der Waals surface area contributed by atoms with Crippen molar-refractivity contribution in [2.24, 2.45) is 5.73 Å². The minimum absolute atomic E-state index is 0.0311. The van der Waals surface area contributed by atoms with Crippen molar-refractivity contribution < 1.29 is 8.78 Å². The van der Waals surface area contributed by atoms with Gasteiger partial charge in [0.25, 0.3) is 0 Å². The number of aromatic nitrogens is 1. The maximum absolute atomic E-state index is 14.1. The van der Waals surface area contributed by atoms with Crippen LogP contribution in [0.2, 0.25) is 0 Å². The number of hydrogen-bond donors (Lipinski definition) is 1. The van der Waals surface area contributed by atoms with Gasteiger partial charge in [0.15, 0.2) is 0 Å². The van der Waals surface area contributed by atoms with Crippen LogP contribution >= 0.6 is 11.3 Å². The van der Waals surface area contributed by atoms with E-state index in [2.05, 4.69) is 4.98 Å². The Hall–Kier alpha value is -1.53. The topological polar surface area (TPSA) is 42.2 Å². The van der Waals surface area contributed by atoms with Crippen LogP contribution in [0, 0.1) is 18.6 Å². The molecule has 0 fully saturated rings. The van der Waals surface area contributed by atoms with Crippen LogP contribution < -0.4 is 10.6 Å². The molecule has 0 unspecified atom stereocenters. The molecule has 0 saturated heterocycles. The molecule has 0 aliphatic carbocycles. The van der Waals surface area contributed by atoms with E-state index in [9.17, 15) is 8.78 Å². The molecule has 2 aromatic rings. The summed E-state index contributed by atoms with van der Waals surface area (Å²) in [6.45, 7) is 2.64. The van der Waals surface area contributed by atoms with Crippen LogP contribution in [-0.4, -0.2) is 18.6 Å². The van der Waals surface area contributed by atoms with Gasteiger partial charge in [0.2, 0.25) is 0 Å². The van der Waals surface area contributed by atoms with Gasteiger partial charge in [-0.25, -0.2) is 13.8 Å². The second-order valence-corrected chi connectivity index (χ2v) is 5.72. The van der Waals surface area contributed by atoms with Gasteiger partial charge in [0.1, 0.15) is 17.3 Å². The maximum Gasteiger partial charge on any atom is 0.149 e. The van der Waals surface area contributed by atoms with E-state index in [1.54, 1.807) is 7.05 Å². The molecule has 1 aromatic heterocycles. The van der Waals surface area contributed by atoms with E-state index in [1.807, 2.05) is 12.3 Å². The van der Waals surface area contributed by atoms with Gasteiger partial charge in [-0.2, -0.15) is 0 Å². The molecule has 0 atom stereocenters. The van der Waals surface area contributed by atoms with E-state index in [1.165, 1.54) is 28.4 Å². The van der Waals surface area contributed by atoms with Crippen molar-refractivity contribution in [2.45, 2.75) is 19.9 Å². The second kappa shape index (κ2) is 6.28. The summed E-state index contributed by atoms with van der Waals surface area (Å²) in [5.41, 5.74) is 6.75. The van der Waals surface area contributed by atoms with Gasteiger partial charge < -0.3 is 10.6 Å². The molecular weight excluding hydrogens is 280 g/mol. The third kappa shape index (κ3) is 3.32. The highest BCUT2D eigenvalue weighted by atomic mass is 32.1. The monoisotopic (exact) mass is 297 g/mol. The highest BCUT2D eigenvalue weighted by Gasteiger charge is 2.16. The Morgan fingerprint density at radius 2 is 1.95 bits per heavy atom. The van der Waals surface area contributed by atoms with Crippen LogP contribution in [0.15, 0.2) is 17.5 Å². The Labute approximate surface area is 121 Å². The lowest BCUT2D eigenvalue weighted by Crippen LogP contribution is -2.20. The van der Waals surface area contributed by atoms with Crippen LogP contribution in [-0.2, 0) is 13.0 Å². The van der Waals surface area contributed by atoms with Crippen LogP contribution in [0.4, 0.5) is 14.5 Å². The summed E-state index contributed by atoms with van der Waals surface area (Å²) >= 11 is 1.52. The normalized spacial score (nSPS) is 10.8. The van der Waals surface area contributed by atoms with E-state index < -0.39 is 11.6 Å². The van der Waals surface area contributed by atoms with Gasteiger partial charge in [-0.15, -0.1) is 11.3 Å². The summed E-state index contributed by atoms with van der Waals surface area (Å²) in [5.74, 6) is -1.13. The molecule has 2 rings (SSSR count). The third-order valence-electron chi connectivity index (χ3n) is 2.96. The van der Waals surface area contributed by atoms with Gasteiger partial charge in [0, 0.05) is 12.4 Å². The van der Waals surface area contributed by atoms with Crippen molar-refractivity contribution in [3.63, 3.8) is 0 Å². The molecule has 20 heavy (non-hydrogen) atoms. The zero-order chi connectivity index (χ0) is 14.7. The number of thiazole rings is 1. The van der Waals surface area contributed by atoms with E-state index >= 15 is 0 Å². The molecule has 0 radical (unpaired) electrons. The molecule has 0 bridgehead atoms. The van der Waals surface area contributed by atoms with Gasteiger partial charge in [-0.3, -0.25) is 0 Å². The van der Waals surface area contributed by atoms with Gasteiger partial charge in [-0.1, -0.05) is 0 Å². The average molecular weight is 297 g/mol. The number of aryl methyl sites for hydroxylation is 1. The van der Waals surface area contributed by atoms with Crippen molar-refractivity contribution >= 4 is 17.0 Å². The summed E-state index contributed by atoms with van der Waals surface area (Å²) in [7, 11) is 1.65. The van der Waals surface area contributed by atoms with Crippen molar-refractivity contribution in [2.75, 3.05) is 18.5 Å². The molecule has 0 spiro atoms. The van der Waals surface area contributed by atoms with Crippen molar-refractivity contribution in [3.05, 3.63) is 45.4 Å². The predicted molar refractivity (Wildman–Crippen MR) is 78.1 cm³/mol. The first-order chi connectivity index (χ1) is 9.51. The first kappa shape index (κ1) is 14.9. The number of rotatable bonds is 5. The lowest BCUT2D eigenvalue weighted by molar-refractivity contribution is 0.572. The number of nitrogens with two attached hydrogens (primary N) is 1. The van der Waals surface area contributed by atoms with E-state index in [-0.39, 0.29) is 5.69 Å². The number of halogens is 2. The largest absolute Gasteiger partial charge is 0.364 e. The van der Waals surface area contributed by atoms with E-state index in [4.69, 9.17) is 5.73 Å². The predicted octanol–water partition coefficient (Wildman–Crippen LogP) is 2.87. The molecule has 0 aliphatic rings. The van der Waals surface area contributed by atoms with Crippen molar-refractivity contribution in [1.82, 2.24) is 4.98 Å². The second-order valence-electron chi connectivity index (χ2n) is 4.66. The van der Waals surface area contributed by atoms with Crippen molar-refractivity contribution in [1.29, 1.82) is 0 Å². The minimum Gasteiger partial charge on any atom is -0.364 e. The highest BCUT2D eigenvalue weighted by molar-refractivity contribution is 7.09. The summed E-state index contributed by atoms with van der Waals surface area (Å²) in [4.78, 5) is 5.83. The molecule has 0 aliphatic heterocycles. The fourth-order valence-electron chi connectivity index (χ4n) is 2.10. The first-order valence-corrected chi connectivity index (χ1v) is 7.19. The Kier molecular flexibility index (Phi) is 4.67. The van der Waals surface area contributed by atoms with Crippen LogP contribution in [0.1, 0.15) is 16.3 Å². The van der Waals surface area contributed by atoms with Crippen molar-refractivity contribution in [3.8, 4) is 0 Å². The molecule has 108 valence electrons. The summed E-state index contributed by atoms with van der Waals surface area (Å²) in [6, 6.07) is 2.68. The number of nitrogens with zero attached hydrogens (tertiary/aromatic N) is 2. The highest BCUT2D eigenvalue weighted by Crippen LogP contribution is 2.25. The molecule has 0 amide bonds. The fourth-order valence-corrected chi connectivity index (χ4v) is 2.70. The lowest BCUT2D eigenvalue weighted by atomic mass is 10.1. The number of benzene rings is 1. The van der Waals surface area contributed by atoms with Gasteiger partial charge >= 0.3 is 0 Å². The summed E-state index contributed by atoms with van der Waals surface area (Å²) in [6.07, 6.45) is 0.461. The summed E-state index contributed by atoms with van der Waals surface area (Å²) < 4.78 is 28.1. The first-order valence-electron chi connectivity index (χ1n) is 6.31.